The Kier molecular flexibility index (Phi) is 4.15. The zero-order valence-corrected chi connectivity index (χ0v) is 13.1. The van der Waals surface area contributed by atoms with Gasteiger partial charge >= 0.3 is 0 Å². The van der Waals surface area contributed by atoms with E-state index in [1.165, 1.54) is 40.1 Å². The molecule has 24 heavy (non-hydrogen) atoms. The highest BCUT2D eigenvalue weighted by Crippen LogP contribution is 2.22. The Balaban J connectivity index is 2.04. The summed E-state index contributed by atoms with van der Waals surface area (Å²) in [7, 11) is -3.80. The number of carbonyl (C=O) groups excluding carboxylic acids is 1. The Morgan fingerprint density at radius 1 is 1.25 bits per heavy atom. The predicted molar refractivity (Wildman–Crippen MR) is 87.7 cm³/mol. The van der Waals surface area contributed by atoms with Crippen LogP contribution in [0.25, 0.3) is 17.0 Å². The van der Waals surface area contributed by atoms with E-state index in [1.807, 2.05) is 0 Å². The van der Waals surface area contributed by atoms with Crippen LogP contribution in [0.5, 0.6) is 0 Å². The number of hydrogen-bond donors (Lipinski definition) is 2. The SMILES string of the molecule is O=C(/C=C/c1cccc(S(=O)(=O)n2ccc3ccncc32)c1)NO. The number of hydroxylamine groups is 1. The van der Waals surface area contributed by atoms with Crippen LogP contribution in [0.4, 0.5) is 0 Å². The molecule has 2 N–H and O–H groups in total. The molecule has 0 unspecified atom stereocenters. The number of benzene rings is 1. The number of nitrogens with zero attached hydrogens (tertiary/aromatic N) is 2. The van der Waals surface area contributed by atoms with Crippen molar-refractivity contribution in [1.29, 1.82) is 0 Å². The first-order valence-electron chi connectivity index (χ1n) is 6.91. The molecule has 0 radical (unpaired) electrons. The molecule has 7 nitrogen and oxygen atoms in total. The van der Waals surface area contributed by atoms with Gasteiger partial charge in [-0.2, -0.15) is 0 Å². The first kappa shape index (κ1) is 15.9. The number of fused-ring (bicyclic) bond motifs is 1. The molecule has 0 spiro atoms. The molecule has 0 fully saturated rings. The van der Waals surface area contributed by atoms with E-state index in [1.54, 1.807) is 30.5 Å². The van der Waals surface area contributed by atoms with Crippen LogP contribution in [0.15, 0.2) is 66.0 Å². The van der Waals surface area contributed by atoms with E-state index in [2.05, 4.69) is 4.98 Å². The van der Waals surface area contributed by atoms with Crippen molar-refractivity contribution in [3.05, 3.63) is 66.6 Å². The third-order valence-corrected chi connectivity index (χ3v) is 5.10. The van der Waals surface area contributed by atoms with Crippen molar-refractivity contribution in [1.82, 2.24) is 14.4 Å². The van der Waals surface area contributed by atoms with Crippen LogP contribution in [-0.2, 0) is 14.8 Å². The van der Waals surface area contributed by atoms with Gasteiger partial charge in [-0.05, 0) is 35.9 Å². The maximum atomic E-state index is 12.8. The van der Waals surface area contributed by atoms with Gasteiger partial charge in [-0.3, -0.25) is 15.0 Å². The van der Waals surface area contributed by atoms with E-state index >= 15 is 0 Å². The summed E-state index contributed by atoms with van der Waals surface area (Å²) in [5.41, 5.74) is 2.46. The van der Waals surface area contributed by atoms with Crippen LogP contribution in [-0.4, -0.2) is 28.5 Å². The number of hydrogen-bond acceptors (Lipinski definition) is 5. The van der Waals surface area contributed by atoms with E-state index in [0.29, 0.717) is 11.1 Å². The summed E-state index contributed by atoms with van der Waals surface area (Å²) in [6.07, 6.45) is 7.06. The molecular formula is C16H13N3O4S. The van der Waals surface area contributed by atoms with Gasteiger partial charge in [0, 0.05) is 23.9 Å². The van der Waals surface area contributed by atoms with Crippen molar-refractivity contribution in [3.63, 3.8) is 0 Å². The summed E-state index contributed by atoms with van der Waals surface area (Å²) in [4.78, 5) is 15.1. The van der Waals surface area contributed by atoms with Gasteiger partial charge in [0.2, 0.25) is 0 Å². The Labute approximate surface area is 137 Å². The van der Waals surface area contributed by atoms with Gasteiger partial charge < -0.3 is 0 Å². The number of carbonyl (C=O) groups is 1. The van der Waals surface area contributed by atoms with Gasteiger partial charge in [0.05, 0.1) is 16.6 Å². The number of rotatable bonds is 4. The first-order valence-corrected chi connectivity index (χ1v) is 8.35. The van der Waals surface area contributed by atoms with Crippen molar-refractivity contribution in [2.75, 3.05) is 0 Å². The van der Waals surface area contributed by atoms with Gasteiger partial charge in [0.25, 0.3) is 15.9 Å². The zero-order chi connectivity index (χ0) is 17.2. The van der Waals surface area contributed by atoms with Crippen LogP contribution in [0.2, 0.25) is 0 Å². The lowest BCUT2D eigenvalue weighted by molar-refractivity contribution is -0.124. The highest BCUT2D eigenvalue weighted by Gasteiger charge is 2.19. The molecule has 0 atom stereocenters. The van der Waals surface area contributed by atoms with Crippen LogP contribution in [0.3, 0.4) is 0 Å². The fraction of sp³-hybridized carbons (Fsp3) is 0. The molecule has 0 saturated carbocycles. The Bertz CT molecular complexity index is 1040. The number of nitrogens with one attached hydrogen (secondary N) is 1. The number of pyridine rings is 1. The molecule has 1 amide bonds. The average molecular weight is 343 g/mol. The van der Waals surface area contributed by atoms with Crippen molar-refractivity contribution >= 4 is 32.9 Å². The highest BCUT2D eigenvalue weighted by molar-refractivity contribution is 7.90. The predicted octanol–water partition coefficient (Wildman–Crippen LogP) is 1.79. The molecule has 2 heterocycles. The van der Waals surface area contributed by atoms with E-state index < -0.39 is 15.9 Å². The van der Waals surface area contributed by atoms with Crippen LogP contribution < -0.4 is 5.48 Å². The molecule has 0 saturated heterocycles. The van der Waals surface area contributed by atoms with E-state index in [9.17, 15) is 13.2 Å². The van der Waals surface area contributed by atoms with E-state index in [0.717, 1.165) is 11.5 Å². The van der Waals surface area contributed by atoms with Gasteiger partial charge in [-0.15, -0.1) is 0 Å². The Morgan fingerprint density at radius 3 is 2.88 bits per heavy atom. The summed E-state index contributed by atoms with van der Waals surface area (Å²) in [6, 6.07) is 9.57. The second-order valence-electron chi connectivity index (χ2n) is 4.93. The minimum Gasteiger partial charge on any atom is -0.288 e. The minimum absolute atomic E-state index is 0.0791. The van der Waals surface area contributed by atoms with E-state index in [-0.39, 0.29) is 4.90 Å². The van der Waals surface area contributed by atoms with Gasteiger partial charge in [0.1, 0.15) is 0 Å². The number of aromatic nitrogens is 2. The lowest BCUT2D eigenvalue weighted by atomic mass is 10.2. The summed E-state index contributed by atoms with van der Waals surface area (Å²) in [6.45, 7) is 0. The Morgan fingerprint density at radius 2 is 2.08 bits per heavy atom. The van der Waals surface area contributed by atoms with Crippen molar-refractivity contribution in [2.45, 2.75) is 4.90 Å². The maximum Gasteiger partial charge on any atom is 0.268 e. The lowest BCUT2D eigenvalue weighted by Gasteiger charge is -2.08. The summed E-state index contributed by atoms with van der Waals surface area (Å²) in [5, 5.41) is 9.23. The largest absolute Gasteiger partial charge is 0.288 e. The van der Waals surface area contributed by atoms with E-state index in [4.69, 9.17) is 5.21 Å². The van der Waals surface area contributed by atoms with Crippen molar-refractivity contribution in [3.8, 4) is 0 Å². The molecule has 122 valence electrons. The van der Waals surface area contributed by atoms with Gasteiger partial charge in [-0.1, -0.05) is 12.1 Å². The fourth-order valence-corrected chi connectivity index (χ4v) is 3.66. The third-order valence-electron chi connectivity index (χ3n) is 3.41. The average Bonchev–Trinajstić information content (AvgIpc) is 3.04. The zero-order valence-electron chi connectivity index (χ0n) is 12.3. The standard InChI is InChI=1S/C16H13N3O4S/c20-16(18-21)5-4-12-2-1-3-14(10-12)24(22,23)19-9-7-13-6-8-17-11-15(13)19/h1-11,21H,(H,18,20)/b5-4+. The molecule has 0 aliphatic carbocycles. The number of amides is 1. The van der Waals surface area contributed by atoms with Crippen LogP contribution in [0, 0.1) is 0 Å². The highest BCUT2D eigenvalue weighted by atomic mass is 32.2. The molecule has 8 heteroatoms. The third kappa shape index (κ3) is 2.92. The monoisotopic (exact) mass is 343 g/mol. The van der Waals surface area contributed by atoms with Gasteiger partial charge in [-0.25, -0.2) is 17.9 Å². The quantitative estimate of drug-likeness (QED) is 0.427. The maximum absolute atomic E-state index is 12.8. The van der Waals surface area contributed by atoms with Gasteiger partial charge in [0.15, 0.2) is 0 Å². The molecular weight excluding hydrogens is 330 g/mol. The minimum atomic E-state index is -3.80. The normalized spacial score (nSPS) is 11.9. The molecule has 0 aliphatic rings. The molecule has 3 aromatic rings. The Hall–Kier alpha value is -2.97. The fourth-order valence-electron chi connectivity index (χ4n) is 2.26. The second-order valence-corrected chi connectivity index (χ2v) is 6.75. The van der Waals surface area contributed by atoms with Crippen LogP contribution >= 0.6 is 0 Å². The molecule has 0 aliphatic heterocycles. The molecule has 3 rings (SSSR count). The molecule has 0 bridgehead atoms. The summed E-state index contributed by atoms with van der Waals surface area (Å²) >= 11 is 0. The van der Waals surface area contributed by atoms with Crippen molar-refractivity contribution < 1.29 is 18.4 Å². The summed E-state index contributed by atoms with van der Waals surface area (Å²) < 4.78 is 26.9. The first-order chi connectivity index (χ1) is 11.5. The second kappa shape index (κ2) is 6.26. The summed E-state index contributed by atoms with van der Waals surface area (Å²) in [5.74, 6) is -0.703. The van der Waals surface area contributed by atoms with Crippen LogP contribution in [0.1, 0.15) is 5.56 Å². The molecule has 2 aromatic heterocycles. The lowest BCUT2D eigenvalue weighted by Crippen LogP contribution is -2.14. The smallest absolute Gasteiger partial charge is 0.268 e. The topological polar surface area (TPSA) is 101 Å². The molecule has 1 aromatic carbocycles. The van der Waals surface area contributed by atoms with Crippen molar-refractivity contribution in [2.24, 2.45) is 0 Å².